The van der Waals surface area contributed by atoms with Gasteiger partial charge in [-0.25, -0.2) is 4.98 Å². The molecule has 1 amide bonds. The molecule has 5 aliphatic carbocycles. The van der Waals surface area contributed by atoms with Gasteiger partial charge in [-0.2, -0.15) is 0 Å². The van der Waals surface area contributed by atoms with E-state index >= 15 is 4.79 Å². The number of aliphatic hydroxyl groups is 1. The average Bonchev–Trinajstić information content (AvgIpc) is 3.89. The van der Waals surface area contributed by atoms with Gasteiger partial charge >= 0.3 is 0 Å². The van der Waals surface area contributed by atoms with Crippen LogP contribution in [-0.4, -0.2) is 65.0 Å². The minimum absolute atomic E-state index is 0.0516. The summed E-state index contributed by atoms with van der Waals surface area (Å²) in [5, 5.41) is 11.2. The van der Waals surface area contributed by atoms with Gasteiger partial charge in [0.25, 0.3) is 0 Å². The van der Waals surface area contributed by atoms with Gasteiger partial charge in [-0.15, -0.1) is 0 Å². The number of carbonyl (C=O) groups is 1. The van der Waals surface area contributed by atoms with Crippen LogP contribution in [0.3, 0.4) is 0 Å². The molecule has 0 spiro atoms. The number of aromatic amines is 1. The molecule has 1 aliphatic heterocycles. The quantitative estimate of drug-likeness (QED) is 0.209. The maximum atomic E-state index is 15.7. The lowest BCUT2D eigenvalue weighted by Crippen LogP contribution is -2.67. The Hall–Kier alpha value is -2.48. The van der Waals surface area contributed by atoms with E-state index < -0.39 is 5.41 Å². The van der Waals surface area contributed by atoms with Gasteiger partial charge in [0.05, 0.1) is 48.8 Å². The SMILES string of the molecule is C=C(C)[C@@H]1CC[C@]2(C(=O)N3C[C@H](OCCOC)C[C@H]3c3ncc(-c4ccccc4)[nH]3)CC[C@]3(C)[C@H](CC[C@@H]4[C@@]5(C)CC[C@H](O)C(C)(C)[C@@H]5CC[C@]43C)[C@@H]12. The van der Waals surface area contributed by atoms with E-state index in [0.717, 1.165) is 62.0 Å². The number of rotatable bonds is 8. The van der Waals surface area contributed by atoms with E-state index in [1.54, 1.807) is 7.11 Å². The Balaban J connectivity index is 1.13. The minimum Gasteiger partial charge on any atom is -0.393 e. The van der Waals surface area contributed by atoms with Crippen LogP contribution < -0.4 is 0 Å². The summed E-state index contributed by atoms with van der Waals surface area (Å²) in [5.41, 5.74) is 3.48. The first-order valence-electron chi connectivity index (χ1n) is 21.1. The van der Waals surface area contributed by atoms with Gasteiger partial charge in [-0.05, 0) is 128 Å². The summed E-state index contributed by atoms with van der Waals surface area (Å²) in [4.78, 5) is 26.5. The molecule has 1 aromatic heterocycles. The number of fused-ring (bicyclic) bond motifs is 7. The third-order valence-electron chi connectivity index (χ3n) is 17.6. The molecule has 0 radical (unpaired) electrons. The van der Waals surface area contributed by atoms with Gasteiger partial charge in [0.1, 0.15) is 5.82 Å². The molecule has 2 N–H and O–H groups in total. The number of benzene rings is 1. The fraction of sp³-hybridized carbons (Fsp3) is 0.739. The van der Waals surface area contributed by atoms with Crippen molar-refractivity contribution in [2.24, 2.45) is 56.7 Å². The zero-order valence-electron chi connectivity index (χ0n) is 33.8. The van der Waals surface area contributed by atoms with Crippen LogP contribution in [0.15, 0.2) is 48.7 Å². The number of aliphatic hydroxyl groups excluding tert-OH is 1. The molecule has 12 atom stereocenters. The molecular formula is C46H67N3O4. The number of methoxy groups -OCH3 is 1. The molecule has 2 aromatic rings. The van der Waals surface area contributed by atoms with Gasteiger partial charge in [0, 0.05) is 20.1 Å². The average molecular weight is 726 g/mol. The van der Waals surface area contributed by atoms with Crippen LogP contribution in [0, 0.1) is 56.7 Å². The predicted molar refractivity (Wildman–Crippen MR) is 210 cm³/mol. The number of hydrogen-bond donors (Lipinski definition) is 2. The molecule has 8 rings (SSSR count). The maximum Gasteiger partial charge on any atom is 0.229 e. The normalized spacial score (nSPS) is 43.1. The van der Waals surface area contributed by atoms with Crippen LogP contribution in [-0.2, 0) is 14.3 Å². The topological polar surface area (TPSA) is 87.7 Å². The maximum absolute atomic E-state index is 15.7. The fourth-order valence-corrected chi connectivity index (χ4v) is 14.8. The van der Waals surface area contributed by atoms with Crippen molar-refractivity contribution in [2.45, 2.75) is 130 Å². The number of nitrogens with zero attached hydrogens (tertiary/aromatic N) is 2. The molecule has 53 heavy (non-hydrogen) atoms. The van der Waals surface area contributed by atoms with E-state index in [1.807, 2.05) is 12.3 Å². The van der Waals surface area contributed by atoms with Gasteiger partial charge < -0.3 is 24.5 Å². The Labute approximate surface area is 319 Å². The number of amides is 1. The molecule has 290 valence electrons. The van der Waals surface area contributed by atoms with Crippen molar-refractivity contribution in [2.75, 3.05) is 26.9 Å². The minimum atomic E-state index is -0.399. The van der Waals surface area contributed by atoms with Crippen molar-refractivity contribution >= 4 is 5.91 Å². The lowest BCUT2D eigenvalue weighted by Gasteiger charge is -2.73. The first-order valence-corrected chi connectivity index (χ1v) is 21.1. The molecule has 1 aromatic carbocycles. The van der Waals surface area contributed by atoms with E-state index in [9.17, 15) is 5.11 Å². The van der Waals surface area contributed by atoms with Crippen LogP contribution in [0.1, 0.15) is 124 Å². The number of imidazole rings is 1. The molecular weight excluding hydrogens is 659 g/mol. The van der Waals surface area contributed by atoms with Crippen LogP contribution in [0.25, 0.3) is 11.3 Å². The summed E-state index contributed by atoms with van der Waals surface area (Å²) in [7, 11) is 1.71. The first-order chi connectivity index (χ1) is 25.2. The Kier molecular flexibility index (Phi) is 9.42. The fourth-order valence-electron chi connectivity index (χ4n) is 14.8. The largest absolute Gasteiger partial charge is 0.393 e. The molecule has 0 bridgehead atoms. The number of aromatic nitrogens is 2. The van der Waals surface area contributed by atoms with Gasteiger partial charge in [-0.1, -0.05) is 77.1 Å². The van der Waals surface area contributed by atoms with Crippen LogP contribution in [0.5, 0.6) is 0 Å². The third-order valence-corrected chi connectivity index (χ3v) is 17.6. The van der Waals surface area contributed by atoms with Gasteiger partial charge in [0.15, 0.2) is 0 Å². The molecule has 6 fully saturated rings. The Morgan fingerprint density at radius 1 is 0.943 bits per heavy atom. The molecule has 7 heteroatoms. The Bertz CT molecular complexity index is 1690. The molecule has 0 unspecified atom stereocenters. The zero-order chi connectivity index (χ0) is 37.6. The second-order valence-electron chi connectivity index (χ2n) is 20.0. The molecule has 2 heterocycles. The second-order valence-corrected chi connectivity index (χ2v) is 20.0. The number of ether oxygens (including phenoxy) is 2. The zero-order valence-corrected chi connectivity index (χ0v) is 33.8. The van der Waals surface area contributed by atoms with Crippen LogP contribution in [0.2, 0.25) is 0 Å². The number of carbonyl (C=O) groups excluding carboxylic acids is 1. The van der Waals surface area contributed by atoms with E-state index in [1.165, 1.54) is 31.3 Å². The number of nitrogens with one attached hydrogen (secondary N) is 1. The van der Waals surface area contributed by atoms with E-state index in [-0.39, 0.29) is 39.9 Å². The highest BCUT2D eigenvalue weighted by Gasteiger charge is 2.72. The summed E-state index contributed by atoms with van der Waals surface area (Å²) < 4.78 is 11.7. The van der Waals surface area contributed by atoms with Crippen molar-refractivity contribution in [1.82, 2.24) is 14.9 Å². The lowest BCUT2D eigenvalue weighted by molar-refractivity contribution is -0.247. The van der Waals surface area contributed by atoms with Crippen molar-refractivity contribution in [1.29, 1.82) is 0 Å². The van der Waals surface area contributed by atoms with Gasteiger partial charge in [-0.3, -0.25) is 4.79 Å². The van der Waals surface area contributed by atoms with E-state index in [4.69, 9.17) is 14.5 Å². The second kappa shape index (κ2) is 13.3. The van der Waals surface area contributed by atoms with Crippen molar-refractivity contribution in [3.8, 4) is 11.3 Å². The highest BCUT2D eigenvalue weighted by molar-refractivity contribution is 5.85. The van der Waals surface area contributed by atoms with Crippen LogP contribution in [0.4, 0.5) is 0 Å². The van der Waals surface area contributed by atoms with Crippen molar-refractivity contribution < 1.29 is 19.4 Å². The summed E-state index contributed by atoms with van der Waals surface area (Å²) in [6, 6.07) is 10.2. The highest BCUT2D eigenvalue weighted by atomic mass is 16.5. The van der Waals surface area contributed by atoms with E-state index in [0.29, 0.717) is 55.3 Å². The smallest absolute Gasteiger partial charge is 0.229 e. The highest BCUT2D eigenvalue weighted by Crippen LogP contribution is 2.77. The summed E-state index contributed by atoms with van der Waals surface area (Å²) >= 11 is 0. The van der Waals surface area contributed by atoms with Crippen molar-refractivity contribution in [3.05, 3.63) is 54.5 Å². The van der Waals surface area contributed by atoms with Gasteiger partial charge in [0.2, 0.25) is 5.91 Å². The predicted octanol–water partition coefficient (Wildman–Crippen LogP) is 9.40. The standard InChI is InChI=1S/C46H67N3O4/c1-29(2)32-16-21-46(41(51)49-28-31(53-25-24-52-8)26-35(49)40-47-27-34(48-40)30-12-10-9-11-13-30)23-22-44(6)33(39(32)46)14-15-37-43(5)19-18-38(50)42(3,4)36(43)17-20-45(37,44)7/h9-13,27,31-33,35-39,50H,1,14-26,28H2,2-8H3,(H,47,48)/t31-,32+,33-,35+,36+,37-,38+,39-,43+,44-,45-,46+/m1/s1. The number of likely N-dealkylation sites (tertiary alicyclic amines) is 1. The molecule has 5 saturated carbocycles. The Morgan fingerprint density at radius 3 is 2.45 bits per heavy atom. The van der Waals surface area contributed by atoms with E-state index in [2.05, 4.69) is 82.3 Å². The summed E-state index contributed by atoms with van der Waals surface area (Å²) in [6.07, 6.45) is 13.3. The molecule has 6 aliphatic rings. The molecule has 1 saturated heterocycles. The van der Waals surface area contributed by atoms with Crippen LogP contribution >= 0.6 is 0 Å². The monoisotopic (exact) mass is 726 g/mol. The van der Waals surface area contributed by atoms with Crippen molar-refractivity contribution in [3.63, 3.8) is 0 Å². The first kappa shape index (κ1) is 37.4. The third kappa shape index (κ3) is 5.51. The number of H-pyrrole nitrogens is 1. The summed E-state index contributed by atoms with van der Waals surface area (Å²) in [6.45, 7) is 21.1. The lowest BCUT2D eigenvalue weighted by atomic mass is 9.32. The number of allylic oxidation sites excluding steroid dienone is 1. The molecule has 7 nitrogen and oxygen atoms in total. The Morgan fingerprint density at radius 2 is 1.72 bits per heavy atom. The summed E-state index contributed by atoms with van der Waals surface area (Å²) in [5.74, 6) is 3.52. The number of hydrogen-bond acceptors (Lipinski definition) is 5.